The molecule has 4 N–H and O–H groups in total. The Kier molecular flexibility index (Phi) is 34.0. The fraction of sp³-hybridized carbons (Fsp3) is 0.579. The number of carbonyl (C=O) groups excluding carboxylic acids is 12. The van der Waals surface area contributed by atoms with Gasteiger partial charge in [-0.15, -0.1) is 5.06 Å². The molecule has 3 heterocycles. The number of methoxy groups -OCH3 is 1. The highest BCUT2D eigenvalue weighted by Gasteiger charge is 2.48. The third-order valence-electron chi connectivity index (χ3n) is 18.1. The van der Waals surface area contributed by atoms with Gasteiger partial charge >= 0.3 is 17.9 Å². The van der Waals surface area contributed by atoms with Gasteiger partial charge in [0.2, 0.25) is 29.5 Å². The third kappa shape index (κ3) is 28.4. The number of hydrogen-bond donors (Lipinski definition) is 4. The van der Waals surface area contributed by atoms with E-state index in [1.807, 2.05) is 64.1 Å². The number of ether oxygens (including phenoxy) is 7. The van der Waals surface area contributed by atoms with Crippen LogP contribution in [0.3, 0.4) is 0 Å². The van der Waals surface area contributed by atoms with Gasteiger partial charge in [-0.2, -0.15) is 0 Å². The summed E-state index contributed by atoms with van der Waals surface area (Å²) in [4.78, 5) is 165. The number of Topliss-reactive ketones (excluding diaryl/α,β-unsaturated/α-hetero) is 2. The lowest BCUT2D eigenvalue weighted by Gasteiger charge is -2.30. The van der Waals surface area contributed by atoms with E-state index in [4.69, 9.17) is 49.6 Å². The van der Waals surface area contributed by atoms with Crippen LogP contribution in [0.15, 0.2) is 78.9 Å². The maximum absolute atomic E-state index is 14.1. The Morgan fingerprint density at radius 2 is 1.35 bits per heavy atom. The highest BCUT2D eigenvalue weighted by molar-refractivity contribution is 6.31. The molecule has 564 valence electrons. The Hall–Kier alpha value is -8.27. The molecule has 103 heavy (non-hydrogen) atoms. The summed E-state index contributed by atoms with van der Waals surface area (Å²) >= 11 is 6.41. The van der Waals surface area contributed by atoms with Gasteiger partial charge in [0, 0.05) is 95.0 Å². The summed E-state index contributed by atoms with van der Waals surface area (Å²) in [5.41, 5.74) is 3.54. The zero-order chi connectivity index (χ0) is 75.3. The van der Waals surface area contributed by atoms with Gasteiger partial charge < -0.3 is 64.2 Å². The van der Waals surface area contributed by atoms with E-state index < -0.39 is 94.8 Å². The fourth-order valence-corrected chi connectivity index (χ4v) is 11.6. The summed E-state index contributed by atoms with van der Waals surface area (Å²) in [5, 5.41) is 12.2. The van der Waals surface area contributed by atoms with E-state index in [0.29, 0.717) is 60.5 Å². The van der Waals surface area contributed by atoms with Gasteiger partial charge in [0.25, 0.3) is 11.8 Å². The molecule has 6 rings (SSSR count). The standard InChI is InChI=1S/C76H103ClN6O20/c1-47(2)40-61-74(94)101-63(12-11-13-64(86)80-60(42-55-15-14-49(5)59(77)41-55)73(93)78-46-76(8,9)75(95)81-61)50(6)70-71(102-70)56-23-20-52(21-24-56)22-27-68(90)100-45-54-18-16-53(17-19-54)43-62(85)51(7)79-72(92)58(48(3)4)44-57(84)28-31-82(32-29-69(91)103-83-66(88)25-26-67(83)89)65(87)30-33-97-36-37-99-39-38-98-35-34-96-10/h11,13-21,23-24,41,47-48,50-51,58,60-61,63,70-71H,12,22,25-40,42-46H2,1-10H3,(H,78,93)(H,79,92)(H,80,86)(H,81,95)/b13-11+/t50-,51-,58-,60+,61-,63-,70+,71+/m0/s1. The van der Waals surface area contributed by atoms with Crippen molar-refractivity contribution >= 4 is 82.4 Å². The molecule has 0 bridgehead atoms. The van der Waals surface area contributed by atoms with E-state index in [-0.39, 0.29) is 152 Å². The fourth-order valence-electron chi connectivity index (χ4n) is 11.4. The summed E-state index contributed by atoms with van der Waals surface area (Å²) in [5.74, 6) is -7.81. The number of nitrogens with zero attached hydrogens (tertiary/aromatic N) is 2. The molecule has 3 aliphatic heterocycles. The molecule has 2 fully saturated rings. The normalized spacial score (nSPS) is 19.9. The zero-order valence-electron chi connectivity index (χ0n) is 61.0. The number of ketones is 2. The molecule has 0 saturated carbocycles. The van der Waals surface area contributed by atoms with Gasteiger partial charge in [-0.05, 0) is 97.9 Å². The molecule has 3 aromatic carbocycles. The van der Waals surface area contributed by atoms with Crippen molar-refractivity contribution in [3.8, 4) is 0 Å². The van der Waals surface area contributed by atoms with Crippen LogP contribution in [0.2, 0.25) is 5.02 Å². The number of esters is 2. The molecule has 0 aliphatic carbocycles. The van der Waals surface area contributed by atoms with Gasteiger partial charge in [0.1, 0.15) is 36.7 Å². The predicted molar refractivity (Wildman–Crippen MR) is 378 cm³/mol. The number of halogens is 1. The molecule has 8 atom stereocenters. The lowest BCUT2D eigenvalue weighted by molar-refractivity contribution is -0.197. The maximum atomic E-state index is 14.1. The van der Waals surface area contributed by atoms with E-state index in [9.17, 15) is 57.5 Å². The van der Waals surface area contributed by atoms with Crippen molar-refractivity contribution in [2.75, 3.05) is 73.0 Å². The molecule has 3 aliphatic rings. The number of cyclic esters (lactones) is 1. The minimum Gasteiger partial charge on any atom is -0.461 e. The lowest BCUT2D eigenvalue weighted by atomic mass is 9.88. The summed E-state index contributed by atoms with van der Waals surface area (Å²) in [7, 11) is 1.58. The quantitative estimate of drug-likeness (QED) is 0.0197. The van der Waals surface area contributed by atoms with Crippen LogP contribution in [0.4, 0.5) is 0 Å². The van der Waals surface area contributed by atoms with Crippen LogP contribution in [-0.2, 0) is 121 Å². The molecular formula is C76H103ClN6O20. The van der Waals surface area contributed by atoms with Crippen LogP contribution in [-0.4, -0.2) is 184 Å². The molecule has 0 spiro atoms. The molecular weight excluding hydrogens is 1350 g/mol. The number of aryl methyl sites for hydroxylation is 2. The Labute approximate surface area is 608 Å². The van der Waals surface area contributed by atoms with Crippen LogP contribution >= 0.6 is 11.6 Å². The van der Waals surface area contributed by atoms with Crippen LogP contribution in [0.25, 0.3) is 0 Å². The SMILES string of the molecule is COCCOCCOCCOCCC(=O)N(CCC(=O)C[C@H](C(=O)N[C@@H](C)C(=O)Cc1ccc(COC(=O)CCc2ccc([C@H]3O[C@@H]3[C@@H](C)[C@@H]3C/C=C/C(=O)N[C@H](Cc4ccc(C)c(Cl)c4)C(=O)NCC(C)(C)C(=O)N[C@@H](CC(C)C)C(=O)O3)cc2)cc1)C(C)C)CCC(=O)ON1C(=O)CCC1=O. The molecule has 0 unspecified atom stereocenters. The lowest BCUT2D eigenvalue weighted by Crippen LogP contribution is -2.54. The average Bonchev–Trinajstić information content (AvgIpc) is 1.63. The van der Waals surface area contributed by atoms with Gasteiger partial charge in [-0.1, -0.05) is 113 Å². The number of epoxide rings is 1. The minimum atomic E-state index is -1.16. The first kappa shape index (κ1) is 83.7. The van der Waals surface area contributed by atoms with Crippen LogP contribution in [0, 0.1) is 36.0 Å². The van der Waals surface area contributed by atoms with Crippen LogP contribution in [0.1, 0.15) is 153 Å². The Morgan fingerprint density at radius 3 is 1.99 bits per heavy atom. The molecule has 7 amide bonds. The van der Waals surface area contributed by atoms with Crippen molar-refractivity contribution in [3.05, 3.63) is 117 Å². The number of nitrogens with one attached hydrogen (secondary N) is 4. The summed E-state index contributed by atoms with van der Waals surface area (Å²) in [6.07, 6.45) is 1.44. The number of hydroxylamine groups is 2. The van der Waals surface area contributed by atoms with Gasteiger partial charge in [0.15, 0.2) is 5.78 Å². The Morgan fingerprint density at radius 1 is 0.728 bits per heavy atom. The number of amides is 7. The smallest absolute Gasteiger partial charge is 0.334 e. The van der Waals surface area contributed by atoms with E-state index in [2.05, 4.69) is 21.3 Å². The van der Waals surface area contributed by atoms with Gasteiger partial charge in [0.05, 0.1) is 76.7 Å². The summed E-state index contributed by atoms with van der Waals surface area (Å²) in [6, 6.07) is 17.1. The van der Waals surface area contributed by atoms with Crippen molar-refractivity contribution in [3.63, 3.8) is 0 Å². The number of rotatable bonds is 39. The second-order valence-corrected chi connectivity index (χ2v) is 28.2. The predicted octanol–water partition coefficient (Wildman–Crippen LogP) is 6.82. The van der Waals surface area contributed by atoms with Crippen molar-refractivity contribution in [1.82, 2.24) is 31.2 Å². The highest BCUT2D eigenvalue weighted by Crippen LogP contribution is 2.45. The monoisotopic (exact) mass is 1450 g/mol. The van der Waals surface area contributed by atoms with Crippen molar-refractivity contribution in [1.29, 1.82) is 0 Å². The van der Waals surface area contributed by atoms with Crippen LogP contribution in [0.5, 0.6) is 0 Å². The first-order valence-corrected chi connectivity index (χ1v) is 35.8. The van der Waals surface area contributed by atoms with Gasteiger partial charge in [-0.25, -0.2) is 9.59 Å². The third-order valence-corrected chi connectivity index (χ3v) is 18.5. The van der Waals surface area contributed by atoms with Gasteiger partial charge in [-0.3, -0.25) is 47.9 Å². The summed E-state index contributed by atoms with van der Waals surface area (Å²) in [6.45, 7) is 17.8. The van der Waals surface area contributed by atoms with Crippen LogP contribution < -0.4 is 21.3 Å². The second-order valence-electron chi connectivity index (χ2n) is 27.8. The second kappa shape index (κ2) is 41.9. The molecule has 27 heteroatoms. The number of carbonyl (C=O) groups is 12. The minimum absolute atomic E-state index is 0.00209. The van der Waals surface area contributed by atoms with Crippen molar-refractivity contribution in [2.45, 2.75) is 182 Å². The Bertz CT molecular complexity index is 3420. The topological polar surface area (TPSA) is 337 Å². The molecule has 0 aromatic heterocycles. The van der Waals surface area contributed by atoms with Crippen molar-refractivity contribution < 1.29 is 95.5 Å². The maximum Gasteiger partial charge on any atom is 0.334 e. The first-order chi connectivity index (χ1) is 49.0. The number of imide groups is 1. The van der Waals surface area contributed by atoms with E-state index >= 15 is 0 Å². The Balaban J connectivity index is 0.946. The molecule has 2 saturated heterocycles. The number of hydrogen-bond acceptors (Lipinski definition) is 20. The van der Waals surface area contributed by atoms with E-state index in [1.54, 1.807) is 78.1 Å². The first-order valence-electron chi connectivity index (χ1n) is 35.4. The van der Waals surface area contributed by atoms with E-state index in [0.717, 1.165) is 22.3 Å². The average molecular weight is 1460 g/mol. The highest BCUT2D eigenvalue weighted by atomic mass is 35.5. The van der Waals surface area contributed by atoms with E-state index in [1.165, 1.54) is 11.0 Å². The molecule has 3 aromatic rings. The number of benzene rings is 3. The molecule has 26 nitrogen and oxygen atoms in total. The summed E-state index contributed by atoms with van der Waals surface area (Å²) < 4.78 is 39.4. The zero-order valence-corrected chi connectivity index (χ0v) is 61.7. The largest absolute Gasteiger partial charge is 0.461 e. The molecule has 0 radical (unpaired) electrons. The van der Waals surface area contributed by atoms with Crippen molar-refractivity contribution in [2.24, 2.45) is 29.1 Å².